The van der Waals surface area contributed by atoms with E-state index in [1.54, 1.807) is 0 Å². The van der Waals surface area contributed by atoms with Gasteiger partial charge in [0.2, 0.25) is 0 Å². The highest BCUT2D eigenvalue weighted by atomic mass is 27.2. The molecular weight excluding hydrogens is 495 g/mol. The molecular formula is C39H39Al. The molecule has 0 radical (unpaired) electrons. The van der Waals surface area contributed by atoms with Crippen molar-refractivity contribution < 1.29 is 0 Å². The number of fused-ring (bicyclic) bond motifs is 3. The first-order valence-corrected chi connectivity index (χ1v) is 17.4. The van der Waals surface area contributed by atoms with E-state index in [2.05, 4.69) is 148 Å². The predicted octanol–water partition coefficient (Wildman–Crippen LogP) is 11.4. The molecule has 0 aliphatic carbocycles. The minimum absolute atomic E-state index is 0.578. The van der Waals surface area contributed by atoms with Gasteiger partial charge >= 0.3 is 0 Å². The summed E-state index contributed by atoms with van der Waals surface area (Å²) in [5, 5.41) is 12.1. The Labute approximate surface area is 244 Å². The minimum atomic E-state index is -1.10. The first-order chi connectivity index (χ1) is 19.5. The van der Waals surface area contributed by atoms with E-state index in [1.807, 2.05) is 0 Å². The summed E-state index contributed by atoms with van der Waals surface area (Å²) in [5.74, 6) is 1.73. The molecule has 0 saturated heterocycles. The summed E-state index contributed by atoms with van der Waals surface area (Å²) < 4.78 is 0. The molecule has 0 aromatic heterocycles. The Morgan fingerprint density at radius 2 is 0.650 bits per heavy atom. The van der Waals surface area contributed by atoms with Crippen molar-refractivity contribution in [1.29, 1.82) is 0 Å². The molecule has 0 N–H and O–H groups in total. The van der Waals surface area contributed by atoms with E-state index in [1.165, 1.54) is 64.9 Å². The van der Waals surface area contributed by atoms with E-state index < -0.39 is 14.1 Å². The highest BCUT2D eigenvalue weighted by Gasteiger charge is 2.27. The van der Waals surface area contributed by atoms with Crippen molar-refractivity contribution >= 4 is 46.5 Å². The van der Waals surface area contributed by atoms with Gasteiger partial charge in [-0.05, 0) is 66.8 Å². The lowest BCUT2D eigenvalue weighted by Gasteiger charge is -2.24. The molecule has 198 valence electrons. The summed E-state index contributed by atoms with van der Waals surface area (Å²) >= 11 is -1.10. The van der Waals surface area contributed by atoms with Crippen LogP contribution in [-0.2, 0) is 0 Å². The first kappa shape index (κ1) is 26.8. The molecule has 0 saturated carbocycles. The Morgan fingerprint density at radius 1 is 0.375 bits per heavy atom. The van der Waals surface area contributed by atoms with E-state index in [-0.39, 0.29) is 0 Å². The maximum absolute atomic E-state index is 2.46. The van der Waals surface area contributed by atoms with Crippen molar-refractivity contribution in [3.63, 3.8) is 0 Å². The van der Waals surface area contributed by atoms with Gasteiger partial charge in [0, 0.05) is 0 Å². The van der Waals surface area contributed by atoms with Gasteiger partial charge in [-0.2, -0.15) is 0 Å². The zero-order valence-electron chi connectivity index (χ0n) is 24.1. The molecule has 0 fully saturated rings. The molecule has 0 spiro atoms. The van der Waals surface area contributed by atoms with Crippen LogP contribution in [0.5, 0.6) is 0 Å². The summed E-state index contributed by atoms with van der Waals surface area (Å²) in [4.78, 5) is 0. The number of hydrogen-bond donors (Lipinski definition) is 0. The van der Waals surface area contributed by atoms with Crippen molar-refractivity contribution in [1.82, 2.24) is 0 Å². The monoisotopic (exact) mass is 534 g/mol. The van der Waals surface area contributed by atoms with Gasteiger partial charge < -0.3 is 0 Å². The van der Waals surface area contributed by atoms with Gasteiger partial charge in [-0.3, -0.25) is 0 Å². The third-order valence-electron chi connectivity index (χ3n) is 9.09. The molecule has 0 amide bonds. The zero-order chi connectivity index (χ0) is 27.5. The van der Waals surface area contributed by atoms with Gasteiger partial charge in [-0.25, -0.2) is 0 Å². The average Bonchev–Trinajstić information content (AvgIpc) is 3.00. The first-order valence-electron chi connectivity index (χ1n) is 15.0. The molecule has 6 aromatic rings. The van der Waals surface area contributed by atoms with E-state index in [4.69, 9.17) is 0 Å². The molecule has 0 heterocycles. The largest absolute Gasteiger partial charge is 0.263 e. The fraction of sp³-hybridized carbons (Fsp3) is 0.231. The molecule has 6 rings (SSSR count). The van der Waals surface area contributed by atoms with Crippen molar-refractivity contribution in [3.8, 4) is 0 Å². The highest BCUT2D eigenvalue weighted by molar-refractivity contribution is 6.59. The third kappa shape index (κ3) is 6.03. The Hall–Kier alpha value is -3.37. The molecule has 1 heteroatoms. The molecule has 0 bridgehead atoms. The van der Waals surface area contributed by atoms with Crippen LogP contribution >= 0.6 is 0 Å². The lowest BCUT2D eigenvalue weighted by atomic mass is 9.98. The SMILES string of the molecule is CC([CH2][Al]([CH2]C(C)c1ccc2ccccc2c1)[CH2]C(C)c1ccc2ccccc2c1)c1ccc2ccccc2c1. The van der Waals surface area contributed by atoms with Crippen LogP contribution in [0.2, 0.25) is 15.8 Å². The van der Waals surface area contributed by atoms with Crippen molar-refractivity contribution in [2.75, 3.05) is 0 Å². The van der Waals surface area contributed by atoms with Crippen LogP contribution in [0.25, 0.3) is 32.3 Å². The van der Waals surface area contributed by atoms with Gasteiger partial charge in [-0.15, -0.1) is 0 Å². The maximum Gasteiger partial charge on any atom is 0.263 e. The maximum atomic E-state index is 2.46. The van der Waals surface area contributed by atoms with Crippen molar-refractivity contribution in [2.45, 2.75) is 54.4 Å². The second-order valence-electron chi connectivity index (χ2n) is 12.1. The minimum Gasteiger partial charge on any atom is -0.0872 e. The van der Waals surface area contributed by atoms with Crippen LogP contribution < -0.4 is 0 Å². The lowest BCUT2D eigenvalue weighted by molar-refractivity contribution is 0.778. The Kier molecular flexibility index (Phi) is 8.06. The quantitative estimate of drug-likeness (QED) is 0.162. The number of rotatable bonds is 9. The standard InChI is InChI=1S/3C13H13.Al/c3*1-10(2)12-8-7-11-5-3-4-6-13(11)9-12;/h3*3-10H,1H2,2H3;. The van der Waals surface area contributed by atoms with Crippen LogP contribution in [-0.4, -0.2) is 14.1 Å². The van der Waals surface area contributed by atoms with Crippen molar-refractivity contribution in [2.24, 2.45) is 0 Å². The van der Waals surface area contributed by atoms with E-state index in [9.17, 15) is 0 Å². The molecule has 0 aliphatic heterocycles. The van der Waals surface area contributed by atoms with Crippen molar-refractivity contribution in [3.05, 3.63) is 144 Å². The van der Waals surface area contributed by atoms with Gasteiger partial charge in [0.25, 0.3) is 14.1 Å². The molecule has 0 nitrogen and oxygen atoms in total. The highest BCUT2D eigenvalue weighted by Crippen LogP contribution is 2.35. The lowest BCUT2D eigenvalue weighted by Crippen LogP contribution is -2.20. The predicted molar refractivity (Wildman–Crippen MR) is 177 cm³/mol. The zero-order valence-corrected chi connectivity index (χ0v) is 25.2. The third-order valence-corrected chi connectivity index (χ3v) is 13.2. The Morgan fingerprint density at radius 3 is 0.950 bits per heavy atom. The van der Waals surface area contributed by atoms with Crippen LogP contribution in [0.4, 0.5) is 0 Å². The molecule has 3 unspecified atom stereocenters. The van der Waals surface area contributed by atoms with Crippen LogP contribution in [0.1, 0.15) is 55.2 Å². The normalized spacial score (nSPS) is 13.9. The van der Waals surface area contributed by atoms with Crippen LogP contribution in [0.3, 0.4) is 0 Å². The summed E-state index contributed by atoms with van der Waals surface area (Å²) in [6, 6.07) is 47.7. The molecule has 0 aliphatic rings. The van der Waals surface area contributed by atoms with E-state index >= 15 is 0 Å². The number of benzene rings is 6. The second kappa shape index (κ2) is 12.0. The fourth-order valence-corrected chi connectivity index (χ4v) is 11.1. The summed E-state index contributed by atoms with van der Waals surface area (Å²) in [5.41, 5.74) is 4.48. The van der Waals surface area contributed by atoms with Gasteiger partial charge in [-0.1, -0.05) is 164 Å². The average molecular weight is 535 g/mol. The van der Waals surface area contributed by atoms with E-state index in [0.29, 0.717) is 17.8 Å². The Balaban J connectivity index is 1.26. The Bertz CT molecular complexity index is 1540. The van der Waals surface area contributed by atoms with Gasteiger partial charge in [0.1, 0.15) is 0 Å². The van der Waals surface area contributed by atoms with Gasteiger partial charge in [0.05, 0.1) is 0 Å². The van der Waals surface area contributed by atoms with Crippen LogP contribution in [0.15, 0.2) is 127 Å². The second-order valence-corrected chi connectivity index (χ2v) is 15.2. The molecule has 40 heavy (non-hydrogen) atoms. The summed E-state index contributed by atoms with van der Waals surface area (Å²) in [6.45, 7) is 7.39. The smallest absolute Gasteiger partial charge is 0.0872 e. The summed E-state index contributed by atoms with van der Waals surface area (Å²) in [6.07, 6.45) is 0. The fourth-order valence-electron chi connectivity index (χ4n) is 6.74. The topological polar surface area (TPSA) is 0 Å². The number of hydrogen-bond acceptors (Lipinski definition) is 0. The molecule has 6 aromatic carbocycles. The molecule has 3 atom stereocenters. The van der Waals surface area contributed by atoms with E-state index in [0.717, 1.165) is 0 Å². The summed E-state index contributed by atoms with van der Waals surface area (Å²) in [7, 11) is 0. The van der Waals surface area contributed by atoms with Crippen LogP contribution in [0, 0.1) is 0 Å². The van der Waals surface area contributed by atoms with Gasteiger partial charge in [0.15, 0.2) is 0 Å².